The molecule has 2 aliphatic heterocycles. The second kappa shape index (κ2) is 6.18. The fourth-order valence-corrected chi connectivity index (χ4v) is 3.52. The number of nitrogens with zero attached hydrogens (tertiary/aromatic N) is 4. The summed E-state index contributed by atoms with van der Waals surface area (Å²) >= 11 is 0. The van der Waals surface area contributed by atoms with Crippen LogP contribution in [0.1, 0.15) is 37.6 Å². The lowest BCUT2D eigenvalue weighted by Crippen LogP contribution is -2.50. The van der Waals surface area contributed by atoms with Crippen molar-refractivity contribution in [3.63, 3.8) is 0 Å². The number of rotatable bonds is 4. The number of aromatic nitrogens is 2. The van der Waals surface area contributed by atoms with Crippen LogP contribution in [-0.2, 0) is 0 Å². The van der Waals surface area contributed by atoms with Gasteiger partial charge in [-0.1, -0.05) is 6.92 Å². The van der Waals surface area contributed by atoms with Crippen molar-refractivity contribution in [2.75, 3.05) is 42.9 Å². The van der Waals surface area contributed by atoms with Gasteiger partial charge in [0.2, 0.25) is 0 Å². The van der Waals surface area contributed by atoms with E-state index in [-0.39, 0.29) is 0 Å². The first-order valence-electron chi connectivity index (χ1n) is 8.27. The van der Waals surface area contributed by atoms with Gasteiger partial charge in [0.25, 0.3) is 0 Å². The molecule has 3 heterocycles. The molecule has 1 N–H and O–H groups in total. The van der Waals surface area contributed by atoms with Crippen LogP contribution < -0.4 is 10.2 Å². The minimum atomic E-state index is 0.723. The summed E-state index contributed by atoms with van der Waals surface area (Å²) in [6.45, 7) is 11.9. The molecule has 0 aliphatic carbocycles. The van der Waals surface area contributed by atoms with Gasteiger partial charge in [-0.25, -0.2) is 9.97 Å². The number of anilines is 2. The third kappa shape index (κ3) is 2.98. The highest BCUT2D eigenvalue weighted by molar-refractivity contribution is 5.59. The van der Waals surface area contributed by atoms with E-state index in [4.69, 9.17) is 4.98 Å². The molecule has 5 heteroatoms. The molecule has 1 unspecified atom stereocenters. The fraction of sp³-hybridized carbons (Fsp3) is 0.750. The van der Waals surface area contributed by atoms with Crippen LogP contribution in [0, 0.1) is 13.8 Å². The molecule has 5 nitrogen and oxygen atoms in total. The standard InChI is InChI=1S/C16H27N5/c1-4-7-17-15-12(2)16(19-13(3)18-15)21-10-9-20-8-5-6-14(20)11-21/h14H,4-11H2,1-3H3,(H,17,18,19). The Kier molecular flexibility index (Phi) is 4.29. The van der Waals surface area contributed by atoms with Crippen LogP contribution in [0.5, 0.6) is 0 Å². The predicted octanol–water partition coefficient (Wildman–Crippen LogP) is 2.20. The molecular formula is C16H27N5. The lowest BCUT2D eigenvalue weighted by atomic mass is 10.1. The third-order valence-electron chi connectivity index (χ3n) is 4.66. The molecule has 1 atom stereocenters. The zero-order valence-corrected chi connectivity index (χ0v) is 13.5. The van der Waals surface area contributed by atoms with E-state index in [1.165, 1.54) is 31.5 Å². The lowest BCUT2D eigenvalue weighted by Gasteiger charge is -2.38. The Morgan fingerprint density at radius 1 is 1.19 bits per heavy atom. The first-order chi connectivity index (χ1) is 10.2. The van der Waals surface area contributed by atoms with Crippen LogP contribution in [-0.4, -0.2) is 53.6 Å². The summed E-state index contributed by atoms with van der Waals surface area (Å²) in [6, 6.07) is 0.723. The van der Waals surface area contributed by atoms with Crippen LogP contribution in [0.25, 0.3) is 0 Å². The Labute approximate surface area is 127 Å². The van der Waals surface area contributed by atoms with Crippen molar-refractivity contribution >= 4 is 11.6 Å². The van der Waals surface area contributed by atoms with Gasteiger partial charge < -0.3 is 10.2 Å². The van der Waals surface area contributed by atoms with Crippen LogP contribution in [0.3, 0.4) is 0 Å². The van der Waals surface area contributed by atoms with Gasteiger partial charge in [0.1, 0.15) is 17.5 Å². The van der Waals surface area contributed by atoms with Gasteiger partial charge in [0.05, 0.1) is 0 Å². The average Bonchev–Trinajstić information content (AvgIpc) is 2.95. The highest BCUT2D eigenvalue weighted by atomic mass is 15.3. The van der Waals surface area contributed by atoms with Gasteiger partial charge in [-0.15, -0.1) is 0 Å². The molecule has 2 fully saturated rings. The summed E-state index contributed by atoms with van der Waals surface area (Å²) in [7, 11) is 0. The Hall–Kier alpha value is -1.36. The normalized spacial score (nSPS) is 22.4. The largest absolute Gasteiger partial charge is 0.370 e. The maximum atomic E-state index is 4.74. The van der Waals surface area contributed by atoms with Crippen LogP contribution in [0.4, 0.5) is 11.6 Å². The van der Waals surface area contributed by atoms with Crippen LogP contribution in [0.2, 0.25) is 0 Å². The highest BCUT2D eigenvalue weighted by Gasteiger charge is 2.31. The zero-order chi connectivity index (χ0) is 14.8. The zero-order valence-electron chi connectivity index (χ0n) is 13.5. The molecule has 0 radical (unpaired) electrons. The second-order valence-electron chi connectivity index (χ2n) is 6.27. The van der Waals surface area contributed by atoms with Crippen molar-refractivity contribution in [3.05, 3.63) is 11.4 Å². The number of aryl methyl sites for hydroxylation is 1. The van der Waals surface area contributed by atoms with Crippen molar-refractivity contribution in [2.24, 2.45) is 0 Å². The Morgan fingerprint density at radius 3 is 2.86 bits per heavy atom. The summed E-state index contributed by atoms with van der Waals surface area (Å²) in [6.07, 6.45) is 3.79. The summed E-state index contributed by atoms with van der Waals surface area (Å²) in [5.41, 5.74) is 1.19. The van der Waals surface area contributed by atoms with Crippen molar-refractivity contribution in [2.45, 2.75) is 46.1 Å². The maximum Gasteiger partial charge on any atom is 0.137 e. The number of hydrogen-bond acceptors (Lipinski definition) is 5. The molecule has 0 amide bonds. The van der Waals surface area contributed by atoms with E-state index < -0.39 is 0 Å². The van der Waals surface area contributed by atoms with Crippen molar-refractivity contribution < 1.29 is 0 Å². The average molecular weight is 289 g/mol. The maximum absolute atomic E-state index is 4.74. The van der Waals surface area contributed by atoms with Gasteiger partial charge in [-0.05, 0) is 39.7 Å². The van der Waals surface area contributed by atoms with Gasteiger partial charge in [0.15, 0.2) is 0 Å². The molecule has 0 spiro atoms. The fourth-order valence-electron chi connectivity index (χ4n) is 3.52. The van der Waals surface area contributed by atoms with Gasteiger partial charge in [0, 0.05) is 37.8 Å². The number of hydrogen-bond donors (Lipinski definition) is 1. The summed E-state index contributed by atoms with van der Waals surface area (Å²) < 4.78 is 0. The SMILES string of the molecule is CCCNc1nc(C)nc(N2CCN3CCCC3C2)c1C. The smallest absolute Gasteiger partial charge is 0.137 e. The monoisotopic (exact) mass is 289 g/mol. The van der Waals surface area contributed by atoms with E-state index in [0.29, 0.717) is 0 Å². The minimum absolute atomic E-state index is 0.723. The van der Waals surface area contributed by atoms with E-state index in [1.807, 2.05) is 6.92 Å². The summed E-state index contributed by atoms with van der Waals surface area (Å²) in [5, 5.41) is 3.44. The molecular weight excluding hydrogens is 262 g/mol. The molecule has 3 rings (SSSR count). The van der Waals surface area contributed by atoms with Crippen LogP contribution in [0.15, 0.2) is 0 Å². The third-order valence-corrected chi connectivity index (χ3v) is 4.66. The Morgan fingerprint density at radius 2 is 2.05 bits per heavy atom. The van der Waals surface area contributed by atoms with Crippen molar-refractivity contribution in [3.8, 4) is 0 Å². The first kappa shape index (κ1) is 14.6. The van der Waals surface area contributed by atoms with Crippen LogP contribution >= 0.6 is 0 Å². The Balaban J connectivity index is 1.82. The quantitative estimate of drug-likeness (QED) is 0.920. The molecule has 0 bridgehead atoms. The van der Waals surface area contributed by atoms with Gasteiger partial charge >= 0.3 is 0 Å². The number of piperazine rings is 1. The topological polar surface area (TPSA) is 44.3 Å². The molecule has 2 saturated heterocycles. The first-order valence-corrected chi connectivity index (χ1v) is 8.27. The van der Waals surface area contributed by atoms with Crippen molar-refractivity contribution in [1.29, 1.82) is 0 Å². The molecule has 1 aromatic rings. The van der Waals surface area contributed by atoms with Gasteiger partial charge in [-0.3, -0.25) is 4.90 Å². The summed E-state index contributed by atoms with van der Waals surface area (Å²) in [5.74, 6) is 3.00. The summed E-state index contributed by atoms with van der Waals surface area (Å²) in [4.78, 5) is 14.4. The van der Waals surface area contributed by atoms with E-state index in [0.717, 1.165) is 49.6 Å². The molecule has 21 heavy (non-hydrogen) atoms. The molecule has 116 valence electrons. The second-order valence-corrected chi connectivity index (χ2v) is 6.27. The van der Waals surface area contributed by atoms with Gasteiger partial charge in [-0.2, -0.15) is 0 Å². The minimum Gasteiger partial charge on any atom is -0.370 e. The number of nitrogens with one attached hydrogen (secondary N) is 1. The Bertz CT molecular complexity index is 502. The van der Waals surface area contributed by atoms with E-state index >= 15 is 0 Å². The number of fused-ring (bicyclic) bond motifs is 1. The molecule has 0 saturated carbocycles. The molecule has 0 aromatic carbocycles. The molecule has 2 aliphatic rings. The molecule has 1 aromatic heterocycles. The lowest BCUT2D eigenvalue weighted by molar-refractivity contribution is 0.230. The van der Waals surface area contributed by atoms with E-state index in [2.05, 4.69) is 33.9 Å². The van der Waals surface area contributed by atoms with Crippen molar-refractivity contribution in [1.82, 2.24) is 14.9 Å². The highest BCUT2D eigenvalue weighted by Crippen LogP contribution is 2.28. The van der Waals surface area contributed by atoms with E-state index in [9.17, 15) is 0 Å². The van der Waals surface area contributed by atoms with E-state index in [1.54, 1.807) is 0 Å². The predicted molar refractivity (Wildman–Crippen MR) is 87.1 cm³/mol.